The van der Waals surface area contributed by atoms with Crippen molar-refractivity contribution in [3.05, 3.63) is 35.0 Å². The van der Waals surface area contributed by atoms with Gasteiger partial charge in [0.25, 0.3) is 0 Å². The smallest absolute Gasteiger partial charge is 0.374 e. The highest BCUT2D eigenvalue weighted by Gasteiger charge is 2.14. The first kappa shape index (κ1) is 12.8. The van der Waals surface area contributed by atoms with E-state index in [1.165, 1.54) is 6.07 Å². The minimum absolute atomic E-state index is 0.166. The van der Waals surface area contributed by atoms with Crippen LogP contribution in [0.3, 0.4) is 0 Å². The number of rotatable bonds is 3. The number of thiazole rings is 1. The van der Waals surface area contributed by atoms with E-state index in [9.17, 15) is 4.79 Å². The molecule has 1 aromatic carbocycles. The van der Waals surface area contributed by atoms with Crippen molar-refractivity contribution in [3.63, 3.8) is 0 Å². The number of carboxylic acid groups (broad SMARTS) is 1. The van der Waals surface area contributed by atoms with E-state index in [1.807, 2.05) is 18.2 Å². The summed E-state index contributed by atoms with van der Waals surface area (Å²) in [7, 11) is 0. The Kier molecular flexibility index (Phi) is 3.02. The van der Waals surface area contributed by atoms with Crippen LogP contribution in [0.2, 0.25) is 0 Å². The molecule has 0 bridgehead atoms. The fourth-order valence-electron chi connectivity index (χ4n) is 1.86. The standard InChI is InChI=1S/C14H12N2O3S/c1-7(2)13-15-10-5-8(3-4-12(10)20-13)9-6-11(14(17)18)19-16-9/h3-7H,1-2H3,(H,17,18). The van der Waals surface area contributed by atoms with Gasteiger partial charge in [0.05, 0.1) is 15.2 Å². The maximum absolute atomic E-state index is 10.8. The van der Waals surface area contributed by atoms with Crippen molar-refractivity contribution in [1.29, 1.82) is 0 Å². The first-order chi connectivity index (χ1) is 9.54. The fourth-order valence-corrected chi connectivity index (χ4v) is 2.81. The lowest BCUT2D eigenvalue weighted by Crippen LogP contribution is -1.91. The van der Waals surface area contributed by atoms with E-state index >= 15 is 0 Å². The molecule has 3 aromatic rings. The predicted octanol–water partition coefficient (Wildman–Crippen LogP) is 3.77. The largest absolute Gasteiger partial charge is 0.475 e. The van der Waals surface area contributed by atoms with Crippen LogP contribution in [-0.2, 0) is 0 Å². The summed E-state index contributed by atoms with van der Waals surface area (Å²) in [5, 5.41) is 13.7. The molecule has 0 saturated heterocycles. The van der Waals surface area contributed by atoms with Crippen LogP contribution in [0.5, 0.6) is 0 Å². The molecule has 1 N–H and O–H groups in total. The second-order valence-corrected chi connectivity index (χ2v) is 5.83. The zero-order chi connectivity index (χ0) is 14.3. The van der Waals surface area contributed by atoms with Gasteiger partial charge in [0.2, 0.25) is 5.76 Å². The molecule has 102 valence electrons. The highest BCUT2D eigenvalue weighted by molar-refractivity contribution is 7.18. The maximum Gasteiger partial charge on any atom is 0.374 e. The first-order valence-corrected chi connectivity index (χ1v) is 6.97. The van der Waals surface area contributed by atoms with E-state index in [-0.39, 0.29) is 5.76 Å². The van der Waals surface area contributed by atoms with Crippen molar-refractivity contribution in [3.8, 4) is 11.3 Å². The third-order valence-electron chi connectivity index (χ3n) is 2.91. The first-order valence-electron chi connectivity index (χ1n) is 6.15. The Hall–Kier alpha value is -2.21. The number of hydrogen-bond donors (Lipinski definition) is 1. The van der Waals surface area contributed by atoms with E-state index in [0.29, 0.717) is 11.6 Å². The summed E-state index contributed by atoms with van der Waals surface area (Å²) < 4.78 is 5.88. The van der Waals surface area contributed by atoms with E-state index in [4.69, 9.17) is 9.63 Å². The van der Waals surface area contributed by atoms with Gasteiger partial charge in [-0.25, -0.2) is 9.78 Å². The average Bonchev–Trinajstić information content (AvgIpc) is 3.04. The molecule has 6 heteroatoms. The van der Waals surface area contributed by atoms with Gasteiger partial charge in [0.1, 0.15) is 5.69 Å². The number of carboxylic acids is 1. The summed E-state index contributed by atoms with van der Waals surface area (Å²) in [6.45, 7) is 4.21. The van der Waals surface area contributed by atoms with E-state index in [1.54, 1.807) is 11.3 Å². The average molecular weight is 288 g/mol. The van der Waals surface area contributed by atoms with Crippen molar-refractivity contribution in [2.45, 2.75) is 19.8 Å². The molecular weight excluding hydrogens is 276 g/mol. The lowest BCUT2D eigenvalue weighted by molar-refractivity contribution is 0.0652. The van der Waals surface area contributed by atoms with E-state index in [2.05, 4.69) is 24.0 Å². The topological polar surface area (TPSA) is 76.2 Å². The summed E-state index contributed by atoms with van der Waals surface area (Å²) in [4.78, 5) is 15.4. The predicted molar refractivity (Wildman–Crippen MR) is 76.2 cm³/mol. The third-order valence-corrected chi connectivity index (χ3v) is 4.25. The molecule has 2 aromatic heterocycles. The molecule has 0 spiro atoms. The molecular formula is C14H12N2O3S. The van der Waals surface area contributed by atoms with Crippen molar-refractivity contribution in [1.82, 2.24) is 10.1 Å². The second kappa shape index (κ2) is 4.72. The van der Waals surface area contributed by atoms with Gasteiger partial charge in [-0.1, -0.05) is 25.1 Å². The molecule has 0 radical (unpaired) electrons. The second-order valence-electron chi connectivity index (χ2n) is 4.77. The van der Waals surface area contributed by atoms with Crippen LogP contribution < -0.4 is 0 Å². The lowest BCUT2D eigenvalue weighted by atomic mass is 10.1. The van der Waals surface area contributed by atoms with Crippen LogP contribution in [-0.4, -0.2) is 21.2 Å². The summed E-state index contributed by atoms with van der Waals surface area (Å²) in [5.74, 6) is -0.900. The van der Waals surface area contributed by atoms with Crippen LogP contribution in [0.25, 0.3) is 21.5 Å². The Balaban J connectivity index is 2.05. The highest BCUT2D eigenvalue weighted by Crippen LogP contribution is 2.30. The Bertz CT molecular complexity index is 789. The Morgan fingerprint density at radius 2 is 2.15 bits per heavy atom. The van der Waals surface area contributed by atoms with Gasteiger partial charge in [0.15, 0.2) is 0 Å². The van der Waals surface area contributed by atoms with Gasteiger partial charge < -0.3 is 9.63 Å². The zero-order valence-electron chi connectivity index (χ0n) is 11.0. The van der Waals surface area contributed by atoms with Crippen molar-refractivity contribution in [2.24, 2.45) is 0 Å². The molecule has 20 heavy (non-hydrogen) atoms. The van der Waals surface area contributed by atoms with Gasteiger partial charge in [0, 0.05) is 17.5 Å². The number of hydrogen-bond acceptors (Lipinski definition) is 5. The molecule has 2 heterocycles. The number of aromatic nitrogens is 2. The van der Waals surface area contributed by atoms with Crippen LogP contribution in [0.15, 0.2) is 28.8 Å². The molecule has 3 rings (SSSR count). The van der Waals surface area contributed by atoms with Crippen LogP contribution in [0.1, 0.15) is 35.3 Å². The molecule has 0 aliphatic heterocycles. The third kappa shape index (κ3) is 2.18. The fraction of sp³-hybridized carbons (Fsp3) is 0.214. The Labute approximate surface area is 118 Å². The normalized spacial score (nSPS) is 11.3. The zero-order valence-corrected chi connectivity index (χ0v) is 11.8. The van der Waals surface area contributed by atoms with E-state index in [0.717, 1.165) is 20.8 Å². The molecule has 0 atom stereocenters. The molecule has 0 saturated carbocycles. The Morgan fingerprint density at radius 3 is 2.80 bits per heavy atom. The number of aromatic carboxylic acids is 1. The number of benzene rings is 1. The SMILES string of the molecule is CC(C)c1nc2cc(-c3cc(C(=O)O)on3)ccc2s1. The molecule has 0 unspecified atom stereocenters. The van der Waals surface area contributed by atoms with Crippen LogP contribution in [0, 0.1) is 0 Å². The van der Waals surface area contributed by atoms with Crippen LogP contribution in [0.4, 0.5) is 0 Å². The molecule has 5 nitrogen and oxygen atoms in total. The quantitative estimate of drug-likeness (QED) is 0.793. The van der Waals surface area contributed by atoms with Gasteiger partial charge >= 0.3 is 5.97 Å². The molecule has 0 amide bonds. The van der Waals surface area contributed by atoms with Crippen molar-refractivity contribution < 1.29 is 14.4 Å². The van der Waals surface area contributed by atoms with Gasteiger partial charge in [-0.3, -0.25) is 0 Å². The monoisotopic (exact) mass is 288 g/mol. The molecule has 0 aliphatic rings. The number of nitrogens with zero attached hydrogens (tertiary/aromatic N) is 2. The summed E-state index contributed by atoms with van der Waals surface area (Å²) >= 11 is 1.67. The summed E-state index contributed by atoms with van der Waals surface area (Å²) in [6, 6.07) is 7.19. The summed E-state index contributed by atoms with van der Waals surface area (Å²) in [5.41, 5.74) is 2.20. The van der Waals surface area contributed by atoms with Crippen molar-refractivity contribution in [2.75, 3.05) is 0 Å². The van der Waals surface area contributed by atoms with Gasteiger partial charge in [-0.05, 0) is 12.1 Å². The molecule has 0 aliphatic carbocycles. The van der Waals surface area contributed by atoms with E-state index < -0.39 is 5.97 Å². The van der Waals surface area contributed by atoms with Gasteiger partial charge in [-0.15, -0.1) is 11.3 Å². The minimum Gasteiger partial charge on any atom is -0.475 e. The minimum atomic E-state index is -1.12. The lowest BCUT2D eigenvalue weighted by Gasteiger charge is -1.95. The maximum atomic E-state index is 10.8. The summed E-state index contributed by atoms with van der Waals surface area (Å²) in [6.07, 6.45) is 0. The highest BCUT2D eigenvalue weighted by atomic mass is 32.1. The molecule has 0 fully saturated rings. The number of fused-ring (bicyclic) bond motifs is 1. The van der Waals surface area contributed by atoms with Crippen molar-refractivity contribution >= 4 is 27.5 Å². The van der Waals surface area contributed by atoms with Gasteiger partial charge in [-0.2, -0.15) is 0 Å². The van der Waals surface area contributed by atoms with Crippen LogP contribution >= 0.6 is 11.3 Å². The number of carbonyl (C=O) groups is 1. The Morgan fingerprint density at radius 1 is 1.35 bits per heavy atom.